The lowest BCUT2D eigenvalue weighted by atomic mass is 10.1. The van der Waals surface area contributed by atoms with Crippen LogP contribution in [-0.4, -0.2) is 21.3 Å². The summed E-state index contributed by atoms with van der Waals surface area (Å²) in [5.41, 5.74) is 5.56. The summed E-state index contributed by atoms with van der Waals surface area (Å²) in [5, 5.41) is 2.98. The summed E-state index contributed by atoms with van der Waals surface area (Å²) in [6.07, 6.45) is 3.95. The number of aryl methyl sites for hydroxylation is 1. The lowest BCUT2D eigenvalue weighted by molar-refractivity contribution is -0.129. The quantitative estimate of drug-likeness (QED) is 0.771. The number of nitrogens with one attached hydrogen (secondary N) is 1. The minimum absolute atomic E-state index is 0.0650. The molecule has 2 heterocycles. The Morgan fingerprint density at radius 1 is 0.963 bits per heavy atom. The van der Waals surface area contributed by atoms with E-state index in [2.05, 4.69) is 5.32 Å². The van der Waals surface area contributed by atoms with Crippen LogP contribution in [0.25, 0.3) is 5.69 Å². The summed E-state index contributed by atoms with van der Waals surface area (Å²) in [4.78, 5) is 26.1. The molecular weight excluding hydrogens is 338 g/mol. The van der Waals surface area contributed by atoms with Gasteiger partial charge in [0.15, 0.2) is 0 Å². The molecule has 0 aliphatic carbocycles. The maximum Gasteiger partial charge on any atom is 0.255 e. The van der Waals surface area contributed by atoms with Gasteiger partial charge in [0, 0.05) is 49.3 Å². The zero-order chi connectivity index (χ0) is 19.0. The molecule has 0 radical (unpaired) electrons. The second-order valence-corrected chi connectivity index (χ2v) is 6.90. The summed E-state index contributed by atoms with van der Waals surface area (Å²) in [5.74, 6) is -0.0666. The van der Waals surface area contributed by atoms with Gasteiger partial charge in [0.25, 0.3) is 5.91 Å². The third-order valence-electron chi connectivity index (χ3n) is 4.99. The highest BCUT2D eigenvalue weighted by Gasteiger charge is 2.21. The summed E-state index contributed by atoms with van der Waals surface area (Å²) < 4.78 is 2.01. The Bertz CT molecular complexity index is 1020. The van der Waals surface area contributed by atoms with Crippen LogP contribution in [0.1, 0.15) is 34.0 Å². The van der Waals surface area contributed by atoms with Crippen LogP contribution in [0.15, 0.2) is 60.9 Å². The predicted octanol–water partition coefficient (Wildman–Crippen LogP) is 3.90. The van der Waals surface area contributed by atoms with Crippen LogP contribution in [0.4, 0.5) is 5.69 Å². The largest absolute Gasteiger partial charge is 0.334 e. The van der Waals surface area contributed by atoms with Crippen molar-refractivity contribution >= 4 is 17.5 Å². The predicted molar refractivity (Wildman–Crippen MR) is 105 cm³/mol. The van der Waals surface area contributed by atoms with E-state index in [1.165, 1.54) is 0 Å². The molecule has 1 aromatic heterocycles. The molecule has 1 N–H and O–H groups in total. The standard InChI is InChI=1S/C22H21N3O2/c1-15-11-20(24-9-3-4-10-24)7-8-21(15)22(27)23-19-6-5-17-13-25(16(2)26)14-18(17)12-19/h3-12H,13-14H2,1-2H3,(H,23,27). The van der Waals surface area contributed by atoms with E-state index < -0.39 is 0 Å². The summed E-state index contributed by atoms with van der Waals surface area (Å²) >= 11 is 0. The van der Waals surface area contributed by atoms with Crippen molar-refractivity contribution < 1.29 is 9.59 Å². The Hall–Kier alpha value is -3.34. The van der Waals surface area contributed by atoms with E-state index >= 15 is 0 Å². The van der Waals surface area contributed by atoms with Crippen LogP contribution >= 0.6 is 0 Å². The summed E-state index contributed by atoms with van der Waals surface area (Å²) in [6, 6.07) is 15.6. The molecule has 0 atom stereocenters. The minimum Gasteiger partial charge on any atom is -0.334 e. The molecule has 1 aliphatic heterocycles. The molecule has 1 aliphatic rings. The van der Waals surface area contributed by atoms with Gasteiger partial charge in [-0.25, -0.2) is 0 Å². The highest BCUT2D eigenvalue weighted by atomic mass is 16.2. The number of benzene rings is 2. The van der Waals surface area contributed by atoms with E-state index in [4.69, 9.17) is 0 Å². The van der Waals surface area contributed by atoms with E-state index in [-0.39, 0.29) is 11.8 Å². The van der Waals surface area contributed by atoms with E-state index in [1.54, 1.807) is 11.8 Å². The van der Waals surface area contributed by atoms with Crippen molar-refractivity contribution in [3.8, 4) is 5.69 Å². The molecule has 0 spiro atoms. The van der Waals surface area contributed by atoms with Crippen molar-refractivity contribution in [2.45, 2.75) is 26.9 Å². The number of nitrogens with zero attached hydrogens (tertiary/aromatic N) is 2. The first-order valence-electron chi connectivity index (χ1n) is 8.94. The van der Waals surface area contributed by atoms with Crippen molar-refractivity contribution in [3.05, 3.63) is 83.2 Å². The zero-order valence-electron chi connectivity index (χ0n) is 15.4. The van der Waals surface area contributed by atoms with E-state index in [9.17, 15) is 9.59 Å². The van der Waals surface area contributed by atoms with Gasteiger partial charge in [-0.05, 0) is 66.1 Å². The lowest BCUT2D eigenvalue weighted by Gasteiger charge is -2.11. The molecule has 0 unspecified atom stereocenters. The van der Waals surface area contributed by atoms with Gasteiger partial charge in [-0.3, -0.25) is 9.59 Å². The first-order valence-corrected chi connectivity index (χ1v) is 8.94. The van der Waals surface area contributed by atoms with E-state index in [1.807, 2.05) is 72.4 Å². The first kappa shape index (κ1) is 17.1. The molecule has 3 aromatic rings. The highest BCUT2D eigenvalue weighted by Crippen LogP contribution is 2.26. The molecule has 2 aromatic carbocycles. The molecule has 2 amide bonds. The number of carbonyl (C=O) groups is 2. The van der Waals surface area contributed by atoms with Crippen LogP contribution in [-0.2, 0) is 17.9 Å². The molecule has 136 valence electrons. The normalized spacial score (nSPS) is 12.7. The lowest BCUT2D eigenvalue weighted by Crippen LogP contribution is -2.21. The summed E-state index contributed by atoms with van der Waals surface area (Å²) in [6.45, 7) is 4.75. The van der Waals surface area contributed by atoms with E-state index in [0.717, 1.165) is 28.1 Å². The Labute approximate surface area is 158 Å². The van der Waals surface area contributed by atoms with Gasteiger partial charge in [0.2, 0.25) is 5.91 Å². The topological polar surface area (TPSA) is 54.3 Å². The molecule has 0 saturated heterocycles. The van der Waals surface area contributed by atoms with Crippen molar-refractivity contribution in [1.29, 1.82) is 0 Å². The van der Waals surface area contributed by atoms with Crippen LogP contribution in [0.3, 0.4) is 0 Å². The van der Waals surface area contributed by atoms with Crippen molar-refractivity contribution in [2.24, 2.45) is 0 Å². The van der Waals surface area contributed by atoms with Gasteiger partial charge < -0.3 is 14.8 Å². The molecule has 27 heavy (non-hydrogen) atoms. The number of carbonyl (C=O) groups excluding carboxylic acids is 2. The molecular formula is C22H21N3O2. The Kier molecular flexibility index (Phi) is 4.28. The van der Waals surface area contributed by atoms with Crippen LogP contribution in [0.5, 0.6) is 0 Å². The number of amides is 2. The average molecular weight is 359 g/mol. The molecule has 5 nitrogen and oxygen atoms in total. The average Bonchev–Trinajstić information content (AvgIpc) is 3.31. The first-order chi connectivity index (χ1) is 13.0. The van der Waals surface area contributed by atoms with Crippen LogP contribution < -0.4 is 5.32 Å². The minimum atomic E-state index is -0.132. The number of anilines is 1. The Morgan fingerprint density at radius 2 is 1.70 bits per heavy atom. The fourth-order valence-corrected chi connectivity index (χ4v) is 3.46. The fraction of sp³-hybridized carbons (Fsp3) is 0.182. The second-order valence-electron chi connectivity index (χ2n) is 6.90. The van der Waals surface area contributed by atoms with Gasteiger partial charge in [-0.2, -0.15) is 0 Å². The molecule has 0 saturated carbocycles. The van der Waals surface area contributed by atoms with Gasteiger partial charge >= 0.3 is 0 Å². The van der Waals surface area contributed by atoms with Crippen molar-refractivity contribution in [1.82, 2.24) is 9.47 Å². The van der Waals surface area contributed by atoms with Gasteiger partial charge in [0.1, 0.15) is 0 Å². The summed E-state index contributed by atoms with van der Waals surface area (Å²) in [7, 11) is 0. The van der Waals surface area contributed by atoms with E-state index in [0.29, 0.717) is 18.7 Å². The Morgan fingerprint density at radius 3 is 2.41 bits per heavy atom. The highest BCUT2D eigenvalue weighted by molar-refractivity contribution is 6.05. The Balaban J connectivity index is 1.52. The smallest absolute Gasteiger partial charge is 0.255 e. The van der Waals surface area contributed by atoms with Crippen molar-refractivity contribution in [3.63, 3.8) is 0 Å². The van der Waals surface area contributed by atoms with Crippen LogP contribution in [0, 0.1) is 6.92 Å². The van der Waals surface area contributed by atoms with Gasteiger partial charge in [0.05, 0.1) is 0 Å². The third-order valence-corrected chi connectivity index (χ3v) is 4.99. The fourth-order valence-electron chi connectivity index (χ4n) is 3.46. The number of hydrogen-bond acceptors (Lipinski definition) is 2. The molecule has 0 fully saturated rings. The molecule has 0 bridgehead atoms. The number of rotatable bonds is 3. The number of fused-ring (bicyclic) bond motifs is 1. The SMILES string of the molecule is CC(=O)N1Cc2ccc(NC(=O)c3ccc(-n4cccc4)cc3C)cc2C1. The molecule has 5 heteroatoms. The third kappa shape index (κ3) is 3.36. The monoisotopic (exact) mass is 359 g/mol. The zero-order valence-corrected chi connectivity index (χ0v) is 15.4. The van der Waals surface area contributed by atoms with Crippen LogP contribution in [0.2, 0.25) is 0 Å². The van der Waals surface area contributed by atoms with Gasteiger partial charge in [-0.1, -0.05) is 6.07 Å². The number of hydrogen-bond donors (Lipinski definition) is 1. The van der Waals surface area contributed by atoms with Crippen molar-refractivity contribution in [2.75, 3.05) is 5.32 Å². The maximum absolute atomic E-state index is 12.7. The maximum atomic E-state index is 12.7. The van der Waals surface area contributed by atoms with Gasteiger partial charge in [-0.15, -0.1) is 0 Å². The molecule has 4 rings (SSSR count). The number of aromatic nitrogens is 1. The second kappa shape index (κ2) is 6.76.